The number of nitrogens with zero attached hydrogens (tertiary/aromatic N) is 4. The summed E-state index contributed by atoms with van der Waals surface area (Å²) < 4.78 is 5.35. The van der Waals surface area contributed by atoms with Crippen molar-refractivity contribution in [3.8, 4) is 0 Å². The zero-order valence-electron chi connectivity index (χ0n) is 19.9. The molecule has 0 atom stereocenters. The van der Waals surface area contributed by atoms with Gasteiger partial charge in [-0.25, -0.2) is 0 Å². The number of halogens is 2. The van der Waals surface area contributed by atoms with Crippen LogP contribution < -0.4 is 4.90 Å². The Labute approximate surface area is 220 Å². The number of carbonyl (C=O) groups excluding carboxylic acids is 3. The van der Waals surface area contributed by atoms with Crippen LogP contribution in [0.5, 0.6) is 0 Å². The molecule has 8 nitrogen and oxygen atoms in total. The number of amides is 3. The maximum absolute atomic E-state index is 13.9. The molecule has 3 aliphatic heterocycles. The average molecular weight is 531 g/mol. The molecule has 0 unspecified atom stereocenters. The van der Waals surface area contributed by atoms with Gasteiger partial charge in [0.25, 0.3) is 11.8 Å². The summed E-state index contributed by atoms with van der Waals surface area (Å²) in [6, 6.07) is 14.6. The molecule has 3 fully saturated rings. The molecule has 0 saturated carbocycles. The maximum atomic E-state index is 13.9. The van der Waals surface area contributed by atoms with Crippen molar-refractivity contribution in [2.24, 2.45) is 0 Å². The number of piperidine rings is 1. The van der Waals surface area contributed by atoms with Gasteiger partial charge in [-0.2, -0.15) is 0 Å². The number of likely N-dealkylation sites (tertiary alicyclic amines) is 1. The molecule has 3 aliphatic rings. The van der Waals surface area contributed by atoms with Gasteiger partial charge in [-0.1, -0.05) is 41.4 Å². The van der Waals surface area contributed by atoms with Gasteiger partial charge in [0, 0.05) is 37.4 Å². The lowest BCUT2D eigenvalue weighted by atomic mass is 9.85. The standard InChI is InChI=1S/C26H28Cl2N4O4/c27-21-7-6-19(16-22(21)28)24(34)30-10-8-26(9-11-30)25(35)31(17-23(33)29-12-14-36-15-13-29)18-32(26)20-4-2-1-3-5-20/h1-7,16H,8-15,17-18H2. The van der Waals surface area contributed by atoms with Crippen molar-refractivity contribution in [2.45, 2.75) is 18.4 Å². The monoisotopic (exact) mass is 530 g/mol. The van der Waals surface area contributed by atoms with E-state index in [-0.39, 0.29) is 24.3 Å². The molecule has 3 saturated heterocycles. The molecule has 36 heavy (non-hydrogen) atoms. The number of benzene rings is 2. The van der Waals surface area contributed by atoms with Crippen LogP contribution in [0.25, 0.3) is 0 Å². The molecule has 10 heteroatoms. The van der Waals surface area contributed by atoms with Crippen molar-refractivity contribution in [3.63, 3.8) is 0 Å². The number of anilines is 1. The fourth-order valence-corrected chi connectivity index (χ4v) is 5.59. The summed E-state index contributed by atoms with van der Waals surface area (Å²) in [4.78, 5) is 47.2. The van der Waals surface area contributed by atoms with Gasteiger partial charge in [0.05, 0.1) is 29.9 Å². The number of hydrogen-bond donors (Lipinski definition) is 0. The summed E-state index contributed by atoms with van der Waals surface area (Å²) >= 11 is 12.1. The minimum absolute atomic E-state index is 0.0375. The second-order valence-corrected chi connectivity index (χ2v) is 10.2. The molecule has 0 bridgehead atoms. The van der Waals surface area contributed by atoms with Crippen molar-refractivity contribution in [3.05, 3.63) is 64.1 Å². The van der Waals surface area contributed by atoms with Gasteiger partial charge >= 0.3 is 0 Å². The first-order valence-electron chi connectivity index (χ1n) is 12.1. The van der Waals surface area contributed by atoms with E-state index in [0.717, 1.165) is 5.69 Å². The van der Waals surface area contributed by atoms with Crippen LogP contribution in [-0.4, -0.2) is 90.6 Å². The van der Waals surface area contributed by atoms with Crippen LogP contribution in [0.1, 0.15) is 23.2 Å². The Morgan fingerprint density at radius 3 is 2.25 bits per heavy atom. The normalized spacial score (nSPS) is 19.8. The number of ether oxygens (including phenoxy) is 1. The molecule has 2 aromatic rings. The lowest BCUT2D eigenvalue weighted by molar-refractivity contribution is -0.143. The highest BCUT2D eigenvalue weighted by atomic mass is 35.5. The second-order valence-electron chi connectivity index (χ2n) is 9.35. The first-order valence-corrected chi connectivity index (χ1v) is 12.9. The Kier molecular flexibility index (Phi) is 7.10. The lowest BCUT2D eigenvalue weighted by Crippen LogP contribution is -2.57. The summed E-state index contributed by atoms with van der Waals surface area (Å²) in [6.07, 6.45) is 0.937. The van der Waals surface area contributed by atoms with Crippen molar-refractivity contribution < 1.29 is 19.1 Å². The molecule has 3 heterocycles. The molecule has 3 amide bonds. The van der Waals surface area contributed by atoms with Crippen LogP contribution in [0.2, 0.25) is 10.0 Å². The number of carbonyl (C=O) groups is 3. The number of morpholine rings is 1. The van der Waals surface area contributed by atoms with Gasteiger partial charge in [-0.05, 0) is 43.2 Å². The zero-order chi connectivity index (χ0) is 25.3. The molecular formula is C26H28Cl2N4O4. The van der Waals surface area contributed by atoms with E-state index in [1.165, 1.54) is 0 Å². The fourth-order valence-electron chi connectivity index (χ4n) is 5.29. The van der Waals surface area contributed by atoms with Crippen molar-refractivity contribution >= 4 is 46.6 Å². The Morgan fingerprint density at radius 1 is 0.889 bits per heavy atom. The van der Waals surface area contributed by atoms with Crippen LogP contribution in [-0.2, 0) is 14.3 Å². The number of para-hydroxylation sites is 1. The molecule has 190 valence electrons. The summed E-state index contributed by atoms with van der Waals surface area (Å²) in [7, 11) is 0. The zero-order valence-corrected chi connectivity index (χ0v) is 21.4. The molecule has 1 spiro atoms. The topological polar surface area (TPSA) is 73.4 Å². The minimum atomic E-state index is -0.805. The maximum Gasteiger partial charge on any atom is 0.253 e. The molecular weight excluding hydrogens is 503 g/mol. The quantitative estimate of drug-likeness (QED) is 0.607. The highest BCUT2D eigenvalue weighted by molar-refractivity contribution is 6.42. The van der Waals surface area contributed by atoms with Gasteiger partial charge < -0.3 is 24.3 Å². The van der Waals surface area contributed by atoms with Crippen molar-refractivity contribution in [2.75, 3.05) is 57.5 Å². The van der Waals surface area contributed by atoms with Crippen molar-refractivity contribution in [1.82, 2.24) is 14.7 Å². The van der Waals surface area contributed by atoms with Crippen LogP contribution in [0.3, 0.4) is 0 Å². The summed E-state index contributed by atoms with van der Waals surface area (Å²) in [5.74, 6) is -0.266. The second kappa shape index (κ2) is 10.3. The average Bonchev–Trinajstić information content (AvgIpc) is 3.17. The first kappa shape index (κ1) is 24.9. The first-order chi connectivity index (χ1) is 17.4. The third kappa shape index (κ3) is 4.65. The minimum Gasteiger partial charge on any atom is -0.378 e. The third-order valence-corrected chi connectivity index (χ3v) is 8.06. The van der Waals surface area contributed by atoms with Gasteiger partial charge in [-0.15, -0.1) is 0 Å². The molecule has 0 N–H and O–H groups in total. The highest BCUT2D eigenvalue weighted by Crippen LogP contribution is 2.40. The summed E-state index contributed by atoms with van der Waals surface area (Å²) in [5.41, 5.74) is 0.591. The van der Waals surface area contributed by atoms with Crippen LogP contribution in [0.15, 0.2) is 48.5 Å². The predicted molar refractivity (Wildman–Crippen MR) is 137 cm³/mol. The van der Waals surface area contributed by atoms with Gasteiger partial charge in [-0.3, -0.25) is 14.4 Å². The Hall–Kier alpha value is -2.81. The van der Waals surface area contributed by atoms with Gasteiger partial charge in [0.15, 0.2) is 0 Å². The highest BCUT2D eigenvalue weighted by Gasteiger charge is 2.54. The number of hydrogen-bond acceptors (Lipinski definition) is 5. The van der Waals surface area contributed by atoms with Crippen molar-refractivity contribution in [1.29, 1.82) is 0 Å². The van der Waals surface area contributed by atoms with Crippen LogP contribution in [0, 0.1) is 0 Å². The van der Waals surface area contributed by atoms with E-state index in [0.29, 0.717) is 74.5 Å². The van der Waals surface area contributed by atoms with E-state index in [2.05, 4.69) is 4.90 Å². The largest absolute Gasteiger partial charge is 0.378 e. The van der Waals surface area contributed by atoms with E-state index in [1.807, 2.05) is 30.3 Å². The van der Waals surface area contributed by atoms with Crippen LogP contribution in [0.4, 0.5) is 5.69 Å². The molecule has 0 aromatic heterocycles. The smallest absolute Gasteiger partial charge is 0.253 e. The summed E-state index contributed by atoms with van der Waals surface area (Å²) in [6.45, 7) is 3.32. The van der Waals surface area contributed by atoms with Gasteiger partial charge in [0.1, 0.15) is 12.1 Å². The van der Waals surface area contributed by atoms with E-state index in [1.54, 1.807) is 32.9 Å². The Balaban J connectivity index is 1.35. The summed E-state index contributed by atoms with van der Waals surface area (Å²) in [5, 5.41) is 0.727. The van der Waals surface area contributed by atoms with E-state index >= 15 is 0 Å². The van der Waals surface area contributed by atoms with E-state index in [4.69, 9.17) is 27.9 Å². The Morgan fingerprint density at radius 2 is 1.58 bits per heavy atom. The van der Waals surface area contributed by atoms with Crippen LogP contribution >= 0.6 is 23.2 Å². The molecule has 5 rings (SSSR count). The molecule has 0 radical (unpaired) electrons. The van der Waals surface area contributed by atoms with E-state index < -0.39 is 5.54 Å². The predicted octanol–water partition coefficient (Wildman–Crippen LogP) is 3.13. The third-order valence-electron chi connectivity index (χ3n) is 7.32. The SMILES string of the molecule is O=C(CN1CN(c2ccccc2)C2(CCN(C(=O)c3ccc(Cl)c(Cl)c3)CC2)C1=O)N1CCOCC1. The fraction of sp³-hybridized carbons (Fsp3) is 0.423. The Bertz CT molecular complexity index is 1150. The molecule has 2 aromatic carbocycles. The molecule has 0 aliphatic carbocycles. The van der Waals surface area contributed by atoms with E-state index in [9.17, 15) is 14.4 Å². The lowest BCUT2D eigenvalue weighted by Gasteiger charge is -2.43. The number of rotatable bonds is 4. The van der Waals surface area contributed by atoms with Gasteiger partial charge in [0.2, 0.25) is 5.91 Å².